The van der Waals surface area contributed by atoms with Gasteiger partial charge in [0.05, 0.1) is 11.6 Å². The van der Waals surface area contributed by atoms with Crippen molar-refractivity contribution in [1.82, 2.24) is 4.98 Å². The van der Waals surface area contributed by atoms with Crippen molar-refractivity contribution in [3.63, 3.8) is 0 Å². The van der Waals surface area contributed by atoms with Crippen LogP contribution >= 0.6 is 0 Å². The van der Waals surface area contributed by atoms with Crippen LogP contribution in [-0.4, -0.2) is 11.2 Å². The second-order valence-corrected chi connectivity index (χ2v) is 3.14. The Morgan fingerprint density at radius 3 is 2.79 bits per heavy atom. The molecule has 0 spiro atoms. The zero-order valence-electron chi connectivity index (χ0n) is 7.40. The van der Waals surface area contributed by atoms with Gasteiger partial charge >= 0.3 is 0 Å². The molecule has 2 atom stereocenters. The summed E-state index contributed by atoms with van der Waals surface area (Å²) in [6, 6.07) is 5.29. The Bertz CT molecular complexity index is 370. The van der Waals surface area contributed by atoms with Crippen LogP contribution < -0.4 is 0 Å². The topological polar surface area (TPSA) is 12.9 Å². The summed E-state index contributed by atoms with van der Waals surface area (Å²) in [7, 11) is 0. The molecule has 0 saturated carbocycles. The first-order valence-electron chi connectivity index (χ1n) is 4.38. The monoisotopic (exact) mass is 193 g/mol. The van der Waals surface area contributed by atoms with Crippen molar-refractivity contribution in [2.75, 3.05) is 0 Å². The summed E-state index contributed by atoms with van der Waals surface area (Å²) >= 11 is 0. The van der Waals surface area contributed by atoms with Gasteiger partial charge in [-0.1, -0.05) is 12.1 Å². The SMILES string of the molecule is FC1=CC(F)C(c2ccccn2)C=C1. The van der Waals surface area contributed by atoms with Crippen LogP contribution in [-0.2, 0) is 0 Å². The fraction of sp³-hybridized carbons (Fsp3) is 0.182. The maximum absolute atomic E-state index is 13.4. The molecule has 1 aromatic heterocycles. The fourth-order valence-corrected chi connectivity index (χ4v) is 1.45. The van der Waals surface area contributed by atoms with Gasteiger partial charge in [0.1, 0.15) is 12.0 Å². The molecule has 0 N–H and O–H groups in total. The molecule has 0 bridgehead atoms. The molecular formula is C11H9F2N. The molecule has 0 saturated heterocycles. The van der Waals surface area contributed by atoms with Crippen LogP contribution in [0.3, 0.4) is 0 Å². The van der Waals surface area contributed by atoms with E-state index in [9.17, 15) is 8.78 Å². The van der Waals surface area contributed by atoms with Crippen molar-refractivity contribution in [3.05, 3.63) is 54.1 Å². The molecule has 72 valence electrons. The normalized spacial score (nSPS) is 26.0. The van der Waals surface area contributed by atoms with E-state index in [-0.39, 0.29) is 0 Å². The maximum atomic E-state index is 13.4. The van der Waals surface area contributed by atoms with E-state index >= 15 is 0 Å². The summed E-state index contributed by atoms with van der Waals surface area (Å²) in [5, 5.41) is 0. The van der Waals surface area contributed by atoms with Crippen molar-refractivity contribution in [3.8, 4) is 0 Å². The maximum Gasteiger partial charge on any atom is 0.133 e. The minimum Gasteiger partial charge on any atom is -0.261 e. The predicted octanol–water partition coefficient (Wildman–Crippen LogP) is 2.93. The van der Waals surface area contributed by atoms with Crippen molar-refractivity contribution in [2.45, 2.75) is 12.1 Å². The fourth-order valence-electron chi connectivity index (χ4n) is 1.45. The molecule has 2 rings (SSSR count). The van der Waals surface area contributed by atoms with E-state index in [1.54, 1.807) is 24.4 Å². The lowest BCUT2D eigenvalue weighted by molar-refractivity contribution is 0.357. The van der Waals surface area contributed by atoms with Gasteiger partial charge in [0.15, 0.2) is 0 Å². The van der Waals surface area contributed by atoms with E-state index in [0.717, 1.165) is 6.08 Å². The zero-order chi connectivity index (χ0) is 9.97. The number of nitrogens with zero attached hydrogens (tertiary/aromatic N) is 1. The second kappa shape index (κ2) is 3.70. The lowest BCUT2D eigenvalue weighted by Gasteiger charge is -2.17. The summed E-state index contributed by atoms with van der Waals surface area (Å²) in [6.45, 7) is 0. The van der Waals surface area contributed by atoms with Crippen LogP contribution in [0.2, 0.25) is 0 Å². The number of pyridine rings is 1. The minimum absolute atomic E-state index is 0.462. The first kappa shape index (κ1) is 9.06. The average Bonchev–Trinajstić information content (AvgIpc) is 2.19. The summed E-state index contributed by atoms with van der Waals surface area (Å²) in [5.74, 6) is -0.986. The molecule has 1 aliphatic carbocycles. The molecule has 1 heterocycles. The van der Waals surface area contributed by atoms with Crippen LogP contribution in [0.25, 0.3) is 0 Å². The van der Waals surface area contributed by atoms with Crippen LogP contribution in [0.1, 0.15) is 11.6 Å². The van der Waals surface area contributed by atoms with Gasteiger partial charge in [0.25, 0.3) is 0 Å². The molecule has 0 amide bonds. The molecule has 14 heavy (non-hydrogen) atoms. The molecule has 1 aromatic rings. The van der Waals surface area contributed by atoms with Gasteiger partial charge in [-0.15, -0.1) is 0 Å². The van der Waals surface area contributed by atoms with Crippen molar-refractivity contribution >= 4 is 0 Å². The molecule has 1 nitrogen and oxygen atoms in total. The number of halogens is 2. The number of allylic oxidation sites excluding steroid dienone is 4. The summed E-state index contributed by atoms with van der Waals surface area (Å²) in [6.07, 6.45) is 4.02. The number of rotatable bonds is 1. The van der Waals surface area contributed by atoms with Gasteiger partial charge in [-0.25, -0.2) is 8.78 Å². The van der Waals surface area contributed by atoms with Gasteiger partial charge in [-0.05, 0) is 24.3 Å². The van der Waals surface area contributed by atoms with Gasteiger partial charge < -0.3 is 0 Å². The molecule has 0 aliphatic heterocycles. The highest BCUT2D eigenvalue weighted by Crippen LogP contribution is 2.28. The van der Waals surface area contributed by atoms with E-state index in [0.29, 0.717) is 5.69 Å². The third-order valence-corrected chi connectivity index (χ3v) is 2.15. The predicted molar refractivity (Wildman–Crippen MR) is 50.2 cm³/mol. The molecule has 0 radical (unpaired) electrons. The molecule has 3 heteroatoms. The summed E-state index contributed by atoms with van der Waals surface area (Å²) < 4.78 is 26.0. The zero-order valence-corrected chi connectivity index (χ0v) is 7.40. The smallest absolute Gasteiger partial charge is 0.133 e. The van der Waals surface area contributed by atoms with Crippen molar-refractivity contribution in [1.29, 1.82) is 0 Å². The molecular weight excluding hydrogens is 184 g/mol. The van der Waals surface area contributed by atoms with Gasteiger partial charge in [0.2, 0.25) is 0 Å². The van der Waals surface area contributed by atoms with Gasteiger partial charge in [0, 0.05) is 6.20 Å². The van der Waals surface area contributed by atoms with Crippen molar-refractivity contribution in [2.24, 2.45) is 0 Å². The largest absolute Gasteiger partial charge is 0.261 e. The first-order chi connectivity index (χ1) is 6.77. The average molecular weight is 193 g/mol. The van der Waals surface area contributed by atoms with E-state index in [4.69, 9.17) is 0 Å². The van der Waals surface area contributed by atoms with Crippen LogP contribution in [0, 0.1) is 0 Å². The lowest BCUT2D eigenvalue weighted by atomic mass is 9.94. The second-order valence-electron chi connectivity index (χ2n) is 3.14. The lowest BCUT2D eigenvalue weighted by Crippen LogP contribution is -2.13. The Kier molecular flexibility index (Phi) is 2.39. The van der Waals surface area contributed by atoms with E-state index in [1.165, 1.54) is 12.2 Å². The summed E-state index contributed by atoms with van der Waals surface area (Å²) in [4.78, 5) is 4.03. The van der Waals surface area contributed by atoms with Gasteiger partial charge in [-0.2, -0.15) is 0 Å². The highest BCUT2D eigenvalue weighted by molar-refractivity contribution is 5.29. The number of hydrogen-bond donors (Lipinski definition) is 0. The molecule has 1 aliphatic rings. The Morgan fingerprint density at radius 1 is 1.29 bits per heavy atom. The van der Waals surface area contributed by atoms with Crippen LogP contribution in [0.4, 0.5) is 8.78 Å². The Labute approximate surface area is 80.8 Å². The van der Waals surface area contributed by atoms with Crippen molar-refractivity contribution < 1.29 is 8.78 Å². The summed E-state index contributed by atoms with van der Waals surface area (Å²) in [5.41, 5.74) is 0.625. The van der Waals surface area contributed by atoms with E-state index < -0.39 is 17.9 Å². The Morgan fingerprint density at radius 2 is 2.14 bits per heavy atom. The number of hydrogen-bond acceptors (Lipinski definition) is 1. The van der Waals surface area contributed by atoms with E-state index in [1.807, 2.05) is 0 Å². The third-order valence-electron chi connectivity index (χ3n) is 2.15. The number of alkyl halides is 1. The van der Waals surface area contributed by atoms with Gasteiger partial charge in [-0.3, -0.25) is 4.98 Å². The highest BCUT2D eigenvalue weighted by Gasteiger charge is 2.22. The quantitative estimate of drug-likeness (QED) is 0.668. The molecule has 0 fully saturated rings. The molecule has 0 aromatic carbocycles. The van der Waals surface area contributed by atoms with Crippen LogP contribution in [0.15, 0.2) is 48.5 Å². The van der Waals surface area contributed by atoms with Crippen LogP contribution in [0.5, 0.6) is 0 Å². The highest BCUT2D eigenvalue weighted by atomic mass is 19.1. The standard InChI is InChI=1S/C11H9F2N/c12-8-4-5-9(10(13)7-8)11-3-1-2-6-14-11/h1-7,9-10H. The minimum atomic E-state index is -1.32. The first-order valence-corrected chi connectivity index (χ1v) is 4.38. The number of aromatic nitrogens is 1. The van der Waals surface area contributed by atoms with E-state index in [2.05, 4.69) is 4.98 Å². The Hall–Kier alpha value is -1.51. The third kappa shape index (κ3) is 1.71. The molecule has 2 unspecified atom stereocenters. The Balaban J connectivity index is 2.26.